The lowest BCUT2D eigenvalue weighted by atomic mass is 10.1. The van der Waals surface area contributed by atoms with Crippen molar-refractivity contribution in [2.75, 3.05) is 51.8 Å². The number of fused-ring (bicyclic) bond motifs is 1. The van der Waals surface area contributed by atoms with Gasteiger partial charge in [0, 0.05) is 71.3 Å². The number of hydrogen-bond donors (Lipinski definition) is 2. The lowest BCUT2D eigenvalue weighted by Gasteiger charge is -2.32. The zero-order valence-corrected chi connectivity index (χ0v) is 21.4. The van der Waals surface area contributed by atoms with Gasteiger partial charge in [-0.05, 0) is 37.9 Å². The van der Waals surface area contributed by atoms with E-state index in [1.54, 1.807) is 6.20 Å². The monoisotopic (exact) mass is 491 g/mol. The molecule has 0 saturated carbocycles. The van der Waals surface area contributed by atoms with Gasteiger partial charge in [-0.2, -0.15) is 5.10 Å². The Balaban J connectivity index is 1.26. The number of aromatic nitrogens is 3. The highest BCUT2D eigenvalue weighted by Gasteiger charge is 2.22. The van der Waals surface area contributed by atoms with E-state index in [9.17, 15) is 4.79 Å². The Hall–Kier alpha value is -3.01. The van der Waals surface area contributed by atoms with E-state index in [4.69, 9.17) is 4.74 Å². The molecule has 4 heterocycles. The van der Waals surface area contributed by atoms with Crippen molar-refractivity contribution >= 4 is 22.6 Å². The zero-order chi connectivity index (χ0) is 24.9. The fourth-order valence-electron chi connectivity index (χ4n) is 4.94. The molecular formula is C27H37N7O2. The Labute approximate surface area is 212 Å². The quantitative estimate of drug-likeness (QED) is 0.501. The van der Waals surface area contributed by atoms with Crippen molar-refractivity contribution in [3.05, 3.63) is 53.3 Å². The third-order valence-electron chi connectivity index (χ3n) is 7.26. The topological polar surface area (TPSA) is 87.5 Å². The summed E-state index contributed by atoms with van der Waals surface area (Å²) in [6.07, 6.45) is 5.30. The molecule has 2 N–H and O–H groups in total. The molecule has 0 aliphatic carbocycles. The molecule has 0 atom stereocenters. The Kier molecular flexibility index (Phi) is 7.79. The van der Waals surface area contributed by atoms with Crippen molar-refractivity contribution < 1.29 is 9.53 Å². The highest BCUT2D eigenvalue weighted by Crippen LogP contribution is 2.28. The molecule has 2 aliphatic heterocycles. The minimum Gasteiger partial charge on any atom is -0.381 e. The molecule has 2 fully saturated rings. The highest BCUT2D eigenvalue weighted by molar-refractivity contribution is 6.06. The number of amides is 1. The Morgan fingerprint density at radius 3 is 2.50 bits per heavy atom. The number of likely N-dealkylation sites (N-methyl/N-ethyl adjacent to an activating group) is 1. The molecule has 0 spiro atoms. The first-order chi connectivity index (χ1) is 17.6. The van der Waals surface area contributed by atoms with Crippen molar-refractivity contribution in [1.82, 2.24) is 29.9 Å². The summed E-state index contributed by atoms with van der Waals surface area (Å²) in [6.45, 7) is 10.1. The van der Waals surface area contributed by atoms with E-state index >= 15 is 0 Å². The molecule has 2 aromatic heterocycles. The number of hydrogen-bond acceptors (Lipinski definition) is 7. The molecule has 3 aromatic rings. The number of carbonyl (C=O) groups is 1. The smallest absolute Gasteiger partial charge is 0.255 e. The van der Waals surface area contributed by atoms with Crippen LogP contribution >= 0.6 is 0 Å². The number of piperazine rings is 1. The van der Waals surface area contributed by atoms with Crippen LogP contribution in [0.2, 0.25) is 0 Å². The van der Waals surface area contributed by atoms with Crippen LogP contribution in [0.4, 0.5) is 5.69 Å². The fourth-order valence-corrected chi connectivity index (χ4v) is 4.94. The maximum atomic E-state index is 13.3. The highest BCUT2D eigenvalue weighted by atomic mass is 16.5. The van der Waals surface area contributed by atoms with E-state index in [2.05, 4.69) is 61.8 Å². The Morgan fingerprint density at radius 2 is 1.78 bits per heavy atom. The summed E-state index contributed by atoms with van der Waals surface area (Å²) >= 11 is 0. The molecule has 192 valence electrons. The molecule has 2 saturated heterocycles. The van der Waals surface area contributed by atoms with E-state index in [-0.39, 0.29) is 11.9 Å². The van der Waals surface area contributed by atoms with Crippen LogP contribution in [-0.2, 0) is 24.4 Å². The largest absolute Gasteiger partial charge is 0.381 e. The number of nitrogens with one attached hydrogen (secondary N) is 2. The van der Waals surface area contributed by atoms with Crippen molar-refractivity contribution in [3.63, 3.8) is 0 Å². The van der Waals surface area contributed by atoms with Crippen LogP contribution in [-0.4, -0.2) is 83.0 Å². The number of aryl methyl sites for hydroxylation is 1. The first kappa shape index (κ1) is 24.7. The Morgan fingerprint density at radius 1 is 1.06 bits per heavy atom. The number of nitrogens with zero attached hydrogens (tertiary/aromatic N) is 5. The number of pyridine rings is 1. The third kappa shape index (κ3) is 5.69. The van der Waals surface area contributed by atoms with Crippen molar-refractivity contribution in [1.29, 1.82) is 0 Å². The van der Waals surface area contributed by atoms with Crippen LogP contribution in [0.1, 0.15) is 41.3 Å². The number of ether oxygens (including phenoxy) is 1. The molecule has 9 nitrogen and oxygen atoms in total. The predicted molar refractivity (Wildman–Crippen MR) is 141 cm³/mol. The minimum atomic E-state index is -0.135. The van der Waals surface area contributed by atoms with Gasteiger partial charge in [-0.15, -0.1) is 0 Å². The predicted octanol–water partition coefficient (Wildman–Crippen LogP) is 2.72. The summed E-state index contributed by atoms with van der Waals surface area (Å²) in [5.74, 6) is -0.135. The van der Waals surface area contributed by atoms with E-state index < -0.39 is 0 Å². The van der Waals surface area contributed by atoms with Gasteiger partial charge in [0.25, 0.3) is 5.91 Å². The molecule has 0 bridgehead atoms. The molecule has 2 aliphatic rings. The fraction of sp³-hybridized carbons (Fsp3) is 0.519. The molecule has 0 unspecified atom stereocenters. The summed E-state index contributed by atoms with van der Waals surface area (Å²) in [7, 11) is 2.18. The van der Waals surface area contributed by atoms with Crippen molar-refractivity contribution in [2.24, 2.45) is 0 Å². The summed E-state index contributed by atoms with van der Waals surface area (Å²) in [6, 6.07) is 8.82. The van der Waals surface area contributed by atoms with Crippen molar-refractivity contribution in [3.8, 4) is 0 Å². The van der Waals surface area contributed by atoms with Gasteiger partial charge in [0.2, 0.25) is 0 Å². The molecule has 5 rings (SSSR count). The second-order valence-electron chi connectivity index (χ2n) is 9.85. The summed E-state index contributed by atoms with van der Waals surface area (Å²) in [5.41, 5.74) is 4.54. The maximum Gasteiger partial charge on any atom is 0.255 e. The van der Waals surface area contributed by atoms with Gasteiger partial charge in [0.15, 0.2) is 5.65 Å². The second-order valence-corrected chi connectivity index (χ2v) is 9.85. The van der Waals surface area contributed by atoms with E-state index in [1.165, 1.54) is 5.56 Å². The standard InChI is InChI=1S/C27H37N7O2/c1-3-34-26-23(18-30-34)25(31-22-8-14-36-15-9-22)24(17-28-26)27(35)29-16-20-4-6-21(7-5-20)19-33-12-10-32(2)11-13-33/h4-7,17-18,22H,3,8-16,19H2,1-2H3,(H,28,31)(H,29,35). The normalized spacial score (nSPS) is 17.9. The molecule has 1 amide bonds. The van der Waals surface area contributed by atoms with Crippen LogP contribution in [0.15, 0.2) is 36.7 Å². The number of rotatable bonds is 8. The molecule has 9 heteroatoms. The van der Waals surface area contributed by atoms with Gasteiger partial charge in [-0.25, -0.2) is 9.67 Å². The maximum absolute atomic E-state index is 13.3. The second kappa shape index (κ2) is 11.4. The molecular weight excluding hydrogens is 454 g/mol. The first-order valence-corrected chi connectivity index (χ1v) is 13.1. The number of carbonyl (C=O) groups excluding carboxylic acids is 1. The van der Waals surface area contributed by atoms with E-state index in [0.29, 0.717) is 12.1 Å². The minimum absolute atomic E-state index is 0.135. The summed E-state index contributed by atoms with van der Waals surface area (Å²) < 4.78 is 7.37. The SMILES string of the molecule is CCn1ncc2c(NC3CCOCC3)c(C(=O)NCc3ccc(CN4CCN(C)CC4)cc3)cnc21. The van der Waals surface area contributed by atoms with Gasteiger partial charge in [0.1, 0.15) is 0 Å². The van der Waals surface area contributed by atoms with Gasteiger partial charge < -0.3 is 20.3 Å². The van der Waals surface area contributed by atoms with Gasteiger partial charge in [-0.1, -0.05) is 24.3 Å². The first-order valence-electron chi connectivity index (χ1n) is 13.1. The van der Waals surface area contributed by atoms with Crippen LogP contribution in [0.3, 0.4) is 0 Å². The lowest BCUT2D eigenvalue weighted by molar-refractivity contribution is 0.0904. The van der Waals surface area contributed by atoms with Crippen LogP contribution in [0.5, 0.6) is 0 Å². The van der Waals surface area contributed by atoms with E-state index in [0.717, 1.165) is 87.6 Å². The van der Waals surface area contributed by atoms with E-state index in [1.807, 2.05) is 17.8 Å². The van der Waals surface area contributed by atoms with Crippen molar-refractivity contribution in [2.45, 2.75) is 45.4 Å². The number of benzene rings is 1. The third-order valence-corrected chi connectivity index (χ3v) is 7.26. The van der Waals surface area contributed by atoms with Gasteiger partial charge >= 0.3 is 0 Å². The van der Waals surface area contributed by atoms with Crippen LogP contribution in [0, 0.1) is 0 Å². The van der Waals surface area contributed by atoms with Crippen LogP contribution < -0.4 is 10.6 Å². The van der Waals surface area contributed by atoms with Crippen LogP contribution in [0.25, 0.3) is 11.0 Å². The molecule has 1 aromatic carbocycles. The zero-order valence-electron chi connectivity index (χ0n) is 21.4. The number of anilines is 1. The average Bonchev–Trinajstić information content (AvgIpc) is 3.34. The lowest BCUT2D eigenvalue weighted by Crippen LogP contribution is -2.43. The van der Waals surface area contributed by atoms with Gasteiger partial charge in [-0.3, -0.25) is 9.69 Å². The average molecular weight is 492 g/mol. The van der Waals surface area contributed by atoms with Gasteiger partial charge in [0.05, 0.1) is 22.8 Å². The molecule has 0 radical (unpaired) electrons. The molecule has 36 heavy (non-hydrogen) atoms. The Bertz CT molecular complexity index is 1160. The summed E-state index contributed by atoms with van der Waals surface area (Å²) in [4.78, 5) is 22.7. The summed E-state index contributed by atoms with van der Waals surface area (Å²) in [5, 5.41) is 12.1.